The number of nitrogens with zero attached hydrogens (tertiary/aromatic N) is 1. The van der Waals surface area contributed by atoms with E-state index in [0.717, 1.165) is 32.5 Å². The van der Waals surface area contributed by atoms with Crippen LogP contribution in [0, 0.1) is 5.92 Å². The number of methoxy groups -OCH3 is 1. The minimum Gasteiger partial charge on any atom is -0.385 e. The topological polar surface area (TPSA) is 41.6 Å². The zero-order chi connectivity index (χ0) is 11.8. The number of hydrogen-bond donors (Lipinski definition) is 1. The molecule has 1 rings (SSSR count). The molecule has 5 heteroatoms. The third-order valence-corrected chi connectivity index (χ3v) is 3.10. The highest BCUT2D eigenvalue weighted by Crippen LogP contribution is 2.16. The van der Waals surface area contributed by atoms with Gasteiger partial charge in [-0.25, -0.2) is 0 Å². The Kier molecular flexibility index (Phi) is 9.50. The number of likely N-dealkylation sites (tertiary alicyclic amines) is 1. The number of carbonyl (C=O) groups is 1. The number of ether oxygens (including phenoxy) is 1. The minimum absolute atomic E-state index is 0. The van der Waals surface area contributed by atoms with Crippen molar-refractivity contribution in [2.75, 3.05) is 40.4 Å². The summed E-state index contributed by atoms with van der Waals surface area (Å²) in [5.41, 5.74) is 0. The number of rotatable bonds is 6. The maximum Gasteiger partial charge on any atom is 0.222 e. The lowest BCUT2D eigenvalue weighted by molar-refractivity contribution is -0.133. The summed E-state index contributed by atoms with van der Waals surface area (Å²) in [5.74, 6) is 0.919. The molecule has 0 bridgehead atoms. The Morgan fingerprint density at radius 2 is 2.29 bits per heavy atom. The molecule has 1 N–H and O–H groups in total. The highest BCUT2D eigenvalue weighted by Gasteiger charge is 2.22. The van der Waals surface area contributed by atoms with Crippen molar-refractivity contribution in [2.45, 2.75) is 25.7 Å². The van der Waals surface area contributed by atoms with E-state index in [0.29, 0.717) is 18.9 Å². The van der Waals surface area contributed by atoms with Crippen LogP contribution in [-0.4, -0.2) is 51.2 Å². The Morgan fingerprint density at radius 1 is 1.53 bits per heavy atom. The Labute approximate surface area is 110 Å². The monoisotopic (exact) mass is 264 g/mol. The molecule has 0 aromatic carbocycles. The molecule has 0 spiro atoms. The zero-order valence-electron chi connectivity index (χ0n) is 10.9. The molecule has 102 valence electrons. The molecule has 0 saturated carbocycles. The zero-order valence-corrected chi connectivity index (χ0v) is 11.7. The van der Waals surface area contributed by atoms with Crippen molar-refractivity contribution in [3.05, 3.63) is 0 Å². The number of hydrogen-bond acceptors (Lipinski definition) is 3. The highest BCUT2D eigenvalue weighted by atomic mass is 35.5. The first kappa shape index (κ1) is 16.7. The summed E-state index contributed by atoms with van der Waals surface area (Å²) in [4.78, 5) is 13.9. The number of halogens is 1. The predicted molar refractivity (Wildman–Crippen MR) is 71.6 cm³/mol. The fourth-order valence-electron chi connectivity index (χ4n) is 2.27. The molecular weight excluding hydrogens is 240 g/mol. The quantitative estimate of drug-likeness (QED) is 0.735. The van der Waals surface area contributed by atoms with Crippen LogP contribution in [0.1, 0.15) is 25.7 Å². The Morgan fingerprint density at radius 3 is 2.94 bits per heavy atom. The van der Waals surface area contributed by atoms with Gasteiger partial charge in [-0.2, -0.15) is 0 Å². The molecule has 1 aliphatic rings. The van der Waals surface area contributed by atoms with Gasteiger partial charge < -0.3 is 15.0 Å². The molecular formula is C12H25ClN2O2. The average Bonchev–Trinajstić information content (AvgIpc) is 2.30. The molecule has 0 aromatic rings. The molecule has 0 aliphatic carbocycles. The standard InChI is InChI=1S/C12H24N2O2.ClH/c1-13-9-11-5-3-7-14(10-11)12(15)6-4-8-16-2;/h11,13H,3-10H2,1-2H3;1H. The smallest absolute Gasteiger partial charge is 0.222 e. The van der Waals surface area contributed by atoms with Gasteiger partial charge in [0.05, 0.1) is 0 Å². The highest BCUT2D eigenvalue weighted by molar-refractivity contribution is 5.85. The summed E-state index contributed by atoms with van der Waals surface area (Å²) < 4.78 is 4.96. The van der Waals surface area contributed by atoms with Gasteiger partial charge in [0, 0.05) is 33.2 Å². The van der Waals surface area contributed by atoms with E-state index in [2.05, 4.69) is 5.32 Å². The number of amides is 1. The summed E-state index contributed by atoms with van der Waals surface area (Å²) in [6, 6.07) is 0. The Balaban J connectivity index is 0.00000256. The van der Waals surface area contributed by atoms with Crippen LogP contribution in [0.2, 0.25) is 0 Å². The molecule has 0 aromatic heterocycles. The van der Waals surface area contributed by atoms with Crippen LogP contribution in [0.15, 0.2) is 0 Å². The first-order valence-corrected chi connectivity index (χ1v) is 6.19. The molecule has 1 aliphatic heterocycles. The van der Waals surface area contributed by atoms with E-state index in [4.69, 9.17) is 4.74 Å². The molecule has 4 nitrogen and oxygen atoms in total. The fourth-order valence-corrected chi connectivity index (χ4v) is 2.27. The van der Waals surface area contributed by atoms with Crippen LogP contribution < -0.4 is 5.32 Å². The van der Waals surface area contributed by atoms with Crippen molar-refractivity contribution in [3.63, 3.8) is 0 Å². The van der Waals surface area contributed by atoms with Gasteiger partial charge in [-0.1, -0.05) is 0 Å². The van der Waals surface area contributed by atoms with Crippen molar-refractivity contribution in [2.24, 2.45) is 5.92 Å². The SMILES string of the molecule is CNCC1CCCN(C(=O)CCCOC)C1.Cl. The molecule has 1 saturated heterocycles. The maximum absolute atomic E-state index is 11.9. The van der Waals surface area contributed by atoms with Crippen LogP contribution in [0.25, 0.3) is 0 Å². The van der Waals surface area contributed by atoms with Crippen molar-refractivity contribution in [1.29, 1.82) is 0 Å². The summed E-state index contributed by atoms with van der Waals surface area (Å²) in [7, 11) is 3.65. The lowest BCUT2D eigenvalue weighted by atomic mass is 9.97. The summed E-state index contributed by atoms with van der Waals surface area (Å²) in [6.45, 7) is 3.56. The number of nitrogens with one attached hydrogen (secondary N) is 1. The van der Waals surface area contributed by atoms with Crippen molar-refractivity contribution in [3.8, 4) is 0 Å². The van der Waals surface area contributed by atoms with E-state index in [9.17, 15) is 4.79 Å². The van der Waals surface area contributed by atoms with Crippen molar-refractivity contribution < 1.29 is 9.53 Å². The van der Waals surface area contributed by atoms with Crippen LogP contribution in [0.5, 0.6) is 0 Å². The van der Waals surface area contributed by atoms with Gasteiger partial charge in [0.1, 0.15) is 0 Å². The van der Waals surface area contributed by atoms with E-state index in [1.165, 1.54) is 6.42 Å². The van der Waals surface area contributed by atoms with Gasteiger partial charge >= 0.3 is 0 Å². The molecule has 1 unspecified atom stereocenters. The lowest BCUT2D eigenvalue weighted by Gasteiger charge is -2.32. The van der Waals surface area contributed by atoms with Crippen LogP contribution in [-0.2, 0) is 9.53 Å². The third kappa shape index (κ3) is 6.24. The van der Waals surface area contributed by atoms with Gasteiger partial charge in [0.2, 0.25) is 5.91 Å². The second-order valence-electron chi connectivity index (χ2n) is 4.50. The van der Waals surface area contributed by atoms with Gasteiger partial charge in [-0.15, -0.1) is 12.4 Å². The third-order valence-electron chi connectivity index (χ3n) is 3.10. The van der Waals surface area contributed by atoms with Gasteiger partial charge in [0.25, 0.3) is 0 Å². The molecule has 1 fully saturated rings. The van der Waals surface area contributed by atoms with E-state index in [1.54, 1.807) is 7.11 Å². The first-order valence-electron chi connectivity index (χ1n) is 6.19. The summed E-state index contributed by atoms with van der Waals surface area (Å²) >= 11 is 0. The van der Waals surface area contributed by atoms with Crippen molar-refractivity contribution in [1.82, 2.24) is 10.2 Å². The van der Waals surface area contributed by atoms with E-state index >= 15 is 0 Å². The number of piperidine rings is 1. The Bertz CT molecular complexity index is 213. The molecule has 1 atom stereocenters. The van der Waals surface area contributed by atoms with Gasteiger partial charge in [-0.3, -0.25) is 4.79 Å². The van der Waals surface area contributed by atoms with Gasteiger partial charge in [0.15, 0.2) is 0 Å². The summed E-state index contributed by atoms with van der Waals surface area (Å²) in [5, 5.41) is 3.19. The molecule has 17 heavy (non-hydrogen) atoms. The molecule has 0 radical (unpaired) electrons. The lowest BCUT2D eigenvalue weighted by Crippen LogP contribution is -2.42. The van der Waals surface area contributed by atoms with E-state index in [1.807, 2.05) is 11.9 Å². The molecule has 1 amide bonds. The van der Waals surface area contributed by atoms with Crippen LogP contribution >= 0.6 is 12.4 Å². The molecule has 1 heterocycles. The largest absolute Gasteiger partial charge is 0.385 e. The van der Waals surface area contributed by atoms with Crippen LogP contribution in [0.3, 0.4) is 0 Å². The maximum atomic E-state index is 11.9. The average molecular weight is 265 g/mol. The summed E-state index contributed by atoms with van der Waals surface area (Å²) in [6.07, 6.45) is 3.84. The Hall–Kier alpha value is -0.320. The predicted octanol–water partition coefficient (Wildman–Crippen LogP) is 1.29. The van der Waals surface area contributed by atoms with Crippen LogP contribution in [0.4, 0.5) is 0 Å². The normalized spacial score (nSPS) is 19.9. The first-order chi connectivity index (χ1) is 7.77. The second kappa shape index (κ2) is 9.68. The number of carbonyl (C=O) groups excluding carboxylic acids is 1. The van der Waals surface area contributed by atoms with E-state index in [-0.39, 0.29) is 18.3 Å². The van der Waals surface area contributed by atoms with Crippen molar-refractivity contribution >= 4 is 18.3 Å². The second-order valence-corrected chi connectivity index (χ2v) is 4.50. The minimum atomic E-state index is 0. The van der Waals surface area contributed by atoms with E-state index < -0.39 is 0 Å². The fraction of sp³-hybridized carbons (Fsp3) is 0.917. The van der Waals surface area contributed by atoms with Gasteiger partial charge in [-0.05, 0) is 38.8 Å².